The molecule has 1 fully saturated rings. The van der Waals surface area contributed by atoms with Crippen molar-refractivity contribution in [1.29, 1.82) is 0 Å². The van der Waals surface area contributed by atoms with Gasteiger partial charge in [0, 0.05) is 25.9 Å². The molecule has 1 aliphatic rings. The van der Waals surface area contributed by atoms with Crippen LogP contribution in [0.1, 0.15) is 22.6 Å². The molecule has 0 bridgehead atoms. The number of rotatable bonds is 2. The number of halogens is 3. The molecule has 3 rings (SSSR count). The first-order valence-corrected chi connectivity index (χ1v) is 11.9. The van der Waals surface area contributed by atoms with E-state index in [2.05, 4.69) is 21.3 Å². The van der Waals surface area contributed by atoms with Gasteiger partial charge in [0.2, 0.25) is 0 Å². The molecule has 29 heavy (non-hydrogen) atoms. The standard InChI is InChI=1S/C19H23F3N4O2S/c1-29(2,3)10-5-15-14-12-23-16(18(27)25-6-4-8-28-9-7-25)11-17(14)26(24-15)13-19(20,21)22/h11-12H,4,6-9,13H2,1-3H3. The summed E-state index contributed by atoms with van der Waals surface area (Å²) in [4.78, 5) is 18.6. The normalized spacial score (nSPS) is 16.3. The Balaban J connectivity index is 2.03. The summed E-state index contributed by atoms with van der Waals surface area (Å²) in [6, 6.07) is 1.37. The molecule has 1 aliphatic heterocycles. The molecule has 0 spiro atoms. The van der Waals surface area contributed by atoms with Crippen LogP contribution in [0.4, 0.5) is 13.2 Å². The third kappa shape index (κ3) is 5.64. The van der Waals surface area contributed by atoms with Crippen molar-refractivity contribution >= 4 is 26.8 Å². The minimum absolute atomic E-state index is 0.0867. The fraction of sp³-hybridized carbons (Fsp3) is 0.526. The summed E-state index contributed by atoms with van der Waals surface area (Å²) in [5.41, 5.74) is 0.519. The van der Waals surface area contributed by atoms with Gasteiger partial charge in [0.1, 0.15) is 17.9 Å². The SMILES string of the molecule is CS(C)(C)C#Cc1nn(CC(F)(F)F)c2cc(C(=O)N3CCCOCC3)ncc12. The van der Waals surface area contributed by atoms with Crippen LogP contribution < -0.4 is 0 Å². The van der Waals surface area contributed by atoms with Crippen molar-refractivity contribution in [2.45, 2.75) is 19.1 Å². The maximum atomic E-state index is 13.1. The van der Waals surface area contributed by atoms with Crippen molar-refractivity contribution in [2.24, 2.45) is 0 Å². The zero-order valence-corrected chi connectivity index (χ0v) is 17.4. The van der Waals surface area contributed by atoms with Gasteiger partial charge in [0.05, 0.1) is 17.5 Å². The molecule has 1 saturated heterocycles. The van der Waals surface area contributed by atoms with E-state index in [1.807, 2.05) is 18.8 Å². The van der Waals surface area contributed by atoms with E-state index in [1.54, 1.807) is 4.90 Å². The van der Waals surface area contributed by atoms with E-state index >= 15 is 0 Å². The van der Waals surface area contributed by atoms with Crippen LogP contribution in [-0.4, -0.2) is 76.8 Å². The molecule has 2 aromatic rings. The quantitative estimate of drug-likeness (QED) is 0.691. The van der Waals surface area contributed by atoms with Crippen LogP contribution in [0.3, 0.4) is 0 Å². The molecule has 0 N–H and O–H groups in total. The lowest BCUT2D eigenvalue weighted by atomic mass is 10.2. The Morgan fingerprint density at radius 1 is 1.28 bits per heavy atom. The van der Waals surface area contributed by atoms with Crippen molar-refractivity contribution in [3.63, 3.8) is 0 Å². The zero-order valence-electron chi connectivity index (χ0n) is 16.5. The minimum atomic E-state index is -4.45. The number of aromatic nitrogens is 3. The van der Waals surface area contributed by atoms with Crippen LogP contribution in [0.5, 0.6) is 0 Å². The number of carbonyl (C=O) groups excluding carboxylic acids is 1. The van der Waals surface area contributed by atoms with Gasteiger partial charge in [-0.15, -0.1) is 0 Å². The van der Waals surface area contributed by atoms with Gasteiger partial charge in [-0.05, 0) is 42.4 Å². The van der Waals surface area contributed by atoms with E-state index in [0.29, 0.717) is 38.1 Å². The molecular weight excluding hydrogens is 405 g/mol. The maximum absolute atomic E-state index is 13.1. The van der Waals surface area contributed by atoms with E-state index < -0.39 is 22.7 Å². The van der Waals surface area contributed by atoms with Crippen molar-refractivity contribution in [3.8, 4) is 11.2 Å². The highest BCUT2D eigenvalue weighted by molar-refractivity contribution is 8.35. The first kappa shape index (κ1) is 21.5. The monoisotopic (exact) mass is 428 g/mol. The molecule has 3 heterocycles. The second-order valence-electron chi connectivity index (χ2n) is 7.53. The number of hydrogen-bond donors (Lipinski definition) is 0. The van der Waals surface area contributed by atoms with E-state index in [-0.39, 0.29) is 22.8 Å². The topological polar surface area (TPSA) is 60.2 Å². The van der Waals surface area contributed by atoms with Crippen LogP contribution in [-0.2, 0) is 11.3 Å². The summed E-state index contributed by atoms with van der Waals surface area (Å²) < 4.78 is 45.3. The Labute approximate surface area is 168 Å². The van der Waals surface area contributed by atoms with Crippen molar-refractivity contribution < 1.29 is 22.7 Å². The summed E-state index contributed by atoms with van der Waals surface area (Å²) in [5.74, 6) is 2.56. The molecule has 6 nitrogen and oxygen atoms in total. The molecule has 0 aromatic carbocycles. The lowest BCUT2D eigenvalue weighted by molar-refractivity contribution is -0.141. The minimum Gasteiger partial charge on any atom is -0.380 e. The molecule has 2 aromatic heterocycles. The van der Waals surface area contributed by atoms with Crippen LogP contribution in [0, 0.1) is 11.2 Å². The Morgan fingerprint density at radius 3 is 2.72 bits per heavy atom. The Bertz CT molecular complexity index is 962. The first-order valence-electron chi connectivity index (χ1n) is 9.05. The summed E-state index contributed by atoms with van der Waals surface area (Å²) in [6.07, 6.45) is 3.58. The number of alkyl halides is 3. The van der Waals surface area contributed by atoms with Gasteiger partial charge in [-0.3, -0.25) is 14.5 Å². The molecule has 0 unspecified atom stereocenters. The lowest BCUT2D eigenvalue weighted by Crippen LogP contribution is -2.33. The number of fused-ring (bicyclic) bond motifs is 1. The number of ether oxygens (including phenoxy) is 1. The number of pyridine rings is 1. The Morgan fingerprint density at radius 2 is 2.03 bits per heavy atom. The number of carbonyl (C=O) groups is 1. The number of amides is 1. The summed E-state index contributed by atoms with van der Waals surface area (Å²) in [5, 5.41) is 7.52. The number of nitrogens with zero attached hydrogens (tertiary/aromatic N) is 4. The van der Waals surface area contributed by atoms with Gasteiger partial charge in [-0.25, -0.2) is 0 Å². The van der Waals surface area contributed by atoms with E-state index in [0.717, 1.165) is 4.68 Å². The Kier molecular flexibility index (Phi) is 6.10. The van der Waals surface area contributed by atoms with E-state index in [9.17, 15) is 18.0 Å². The predicted molar refractivity (Wildman–Crippen MR) is 107 cm³/mol. The maximum Gasteiger partial charge on any atom is 0.408 e. The van der Waals surface area contributed by atoms with Crippen LogP contribution >= 0.6 is 10.0 Å². The number of hydrogen-bond acceptors (Lipinski definition) is 4. The zero-order chi connectivity index (χ0) is 21.2. The summed E-state index contributed by atoms with van der Waals surface area (Å²) >= 11 is 0. The molecule has 10 heteroatoms. The highest BCUT2D eigenvalue weighted by atomic mass is 32.3. The molecule has 0 aliphatic carbocycles. The summed E-state index contributed by atoms with van der Waals surface area (Å²) in [7, 11) is -1.18. The second kappa shape index (κ2) is 8.24. The molecule has 158 valence electrons. The first-order chi connectivity index (χ1) is 13.5. The van der Waals surface area contributed by atoms with Gasteiger partial charge in [-0.2, -0.15) is 28.3 Å². The fourth-order valence-electron chi connectivity index (χ4n) is 2.88. The summed E-state index contributed by atoms with van der Waals surface area (Å²) in [6.45, 7) is 0.681. The van der Waals surface area contributed by atoms with Gasteiger partial charge in [0.25, 0.3) is 5.91 Å². The molecule has 1 amide bonds. The fourth-order valence-corrected chi connectivity index (χ4v) is 3.28. The van der Waals surface area contributed by atoms with Crippen LogP contribution in [0.25, 0.3) is 10.9 Å². The molecule has 0 saturated carbocycles. The predicted octanol–water partition coefficient (Wildman–Crippen LogP) is 2.86. The Hall–Kier alpha value is -2.25. The van der Waals surface area contributed by atoms with Crippen molar-refractivity contribution in [2.75, 3.05) is 45.1 Å². The molecule has 0 atom stereocenters. The van der Waals surface area contributed by atoms with Gasteiger partial charge in [-0.1, -0.05) is 0 Å². The highest BCUT2D eigenvalue weighted by Crippen LogP contribution is 2.33. The average Bonchev–Trinajstić information content (AvgIpc) is 2.80. The van der Waals surface area contributed by atoms with Gasteiger partial charge < -0.3 is 9.64 Å². The van der Waals surface area contributed by atoms with Gasteiger partial charge >= 0.3 is 6.18 Å². The molecule has 0 radical (unpaired) electrons. The molecular formula is C19H23F3N4O2S. The van der Waals surface area contributed by atoms with Gasteiger partial charge in [0.15, 0.2) is 0 Å². The lowest BCUT2D eigenvalue weighted by Gasteiger charge is -2.19. The average molecular weight is 428 g/mol. The third-order valence-electron chi connectivity index (χ3n) is 4.17. The third-order valence-corrected chi connectivity index (χ3v) is 4.88. The largest absolute Gasteiger partial charge is 0.408 e. The van der Waals surface area contributed by atoms with Crippen molar-refractivity contribution in [3.05, 3.63) is 23.7 Å². The van der Waals surface area contributed by atoms with E-state index in [1.165, 1.54) is 12.3 Å². The van der Waals surface area contributed by atoms with Crippen LogP contribution in [0.2, 0.25) is 0 Å². The van der Waals surface area contributed by atoms with Crippen molar-refractivity contribution in [1.82, 2.24) is 19.7 Å². The highest BCUT2D eigenvalue weighted by Gasteiger charge is 2.30. The smallest absolute Gasteiger partial charge is 0.380 e. The van der Waals surface area contributed by atoms with E-state index in [4.69, 9.17) is 4.74 Å². The second-order valence-corrected chi connectivity index (χ2v) is 11.4. The van der Waals surface area contributed by atoms with Crippen LogP contribution in [0.15, 0.2) is 12.3 Å².